The van der Waals surface area contributed by atoms with Crippen LogP contribution < -0.4 is 16.0 Å². The van der Waals surface area contributed by atoms with E-state index in [1.54, 1.807) is 25.2 Å². The topological polar surface area (TPSA) is 70.2 Å². The fourth-order valence-corrected chi connectivity index (χ4v) is 2.82. The number of urea groups is 1. The number of rotatable bonds is 5. The fraction of sp³-hybridized carbons (Fsp3) is 0.412. The minimum Gasteiger partial charge on any atom is -0.355 e. The van der Waals surface area contributed by atoms with E-state index >= 15 is 0 Å². The number of anilines is 1. The van der Waals surface area contributed by atoms with Gasteiger partial charge in [0.2, 0.25) is 0 Å². The van der Waals surface area contributed by atoms with Gasteiger partial charge in [-0.3, -0.25) is 4.79 Å². The molecule has 3 amide bonds. The smallest absolute Gasteiger partial charge is 0.319 e. The second-order valence-electron chi connectivity index (χ2n) is 5.51. The van der Waals surface area contributed by atoms with Gasteiger partial charge in [0.1, 0.15) is 0 Å². The first-order chi connectivity index (χ1) is 11.1. The standard InChI is InChI=1S/C17H22ClN3O2/c1-19-16(22)14-8-7-13(11-15(14)18)21-17(23)20-10-9-12-5-3-2-4-6-12/h5,7-8,11H,2-4,6,9-10H2,1H3,(H,19,22)(H2,20,21,23). The highest BCUT2D eigenvalue weighted by Crippen LogP contribution is 2.21. The van der Waals surface area contributed by atoms with Crippen molar-refractivity contribution in [3.8, 4) is 0 Å². The van der Waals surface area contributed by atoms with Gasteiger partial charge in [-0.05, 0) is 50.3 Å². The van der Waals surface area contributed by atoms with Gasteiger partial charge in [0, 0.05) is 19.3 Å². The summed E-state index contributed by atoms with van der Waals surface area (Å²) in [6, 6.07) is 4.53. The third-order valence-corrected chi connectivity index (χ3v) is 4.13. The Labute approximate surface area is 141 Å². The lowest BCUT2D eigenvalue weighted by Crippen LogP contribution is -2.29. The van der Waals surface area contributed by atoms with Crippen molar-refractivity contribution in [3.63, 3.8) is 0 Å². The van der Waals surface area contributed by atoms with E-state index in [4.69, 9.17) is 11.6 Å². The molecule has 0 saturated carbocycles. The van der Waals surface area contributed by atoms with Crippen LogP contribution in [-0.2, 0) is 0 Å². The van der Waals surface area contributed by atoms with Crippen LogP contribution in [0.2, 0.25) is 5.02 Å². The molecule has 0 atom stereocenters. The maximum Gasteiger partial charge on any atom is 0.319 e. The zero-order valence-electron chi connectivity index (χ0n) is 13.2. The van der Waals surface area contributed by atoms with Gasteiger partial charge in [-0.15, -0.1) is 0 Å². The van der Waals surface area contributed by atoms with Crippen LogP contribution in [0.3, 0.4) is 0 Å². The number of amides is 3. The minimum absolute atomic E-state index is 0.258. The Kier molecular flexibility index (Phi) is 6.47. The highest BCUT2D eigenvalue weighted by molar-refractivity contribution is 6.34. The summed E-state index contributed by atoms with van der Waals surface area (Å²) < 4.78 is 0. The average molecular weight is 336 g/mol. The number of carbonyl (C=O) groups is 2. The van der Waals surface area contributed by atoms with E-state index in [9.17, 15) is 9.59 Å². The van der Waals surface area contributed by atoms with E-state index < -0.39 is 0 Å². The molecule has 1 aromatic rings. The normalized spacial score (nSPS) is 13.9. The van der Waals surface area contributed by atoms with E-state index in [0.29, 0.717) is 22.8 Å². The number of hydrogen-bond acceptors (Lipinski definition) is 2. The number of allylic oxidation sites excluding steroid dienone is 1. The lowest BCUT2D eigenvalue weighted by molar-refractivity contribution is 0.0963. The van der Waals surface area contributed by atoms with Crippen molar-refractivity contribution < 1.29 is 9.59 Å². The van der Waals surface area contributed by atoms with Gasteiger partial charge in [-0.2, -0.15) is 0 Å². The minimum atomic E-state index is -0.273. The van der Waals surface area contributed by atoms with Crippen LogP contribution in [0.15, 0.2) is 29.8 Å². The van der Waals surface area contributed by atoms with E-state index in [-0.39, 0.29) is 11.9 Å². The molecule has 0 saturated heterocycles. The van der Waals surface area contributed by atoms with Crippen LogP contribution in [0.5, 0.6) is 0 Å². The van der Waals surface area contributed by atoms with Crippen LogP contribution in [0.1, 0.15) is 42.5 Å². The van der Waals surface area contributed by atoms with Crippen molar-refractivity contribution in [1.82, 2.24) is 10.6 Å². The van der Waals surface area contributed by atoms with Gasteiger partial charge in [0.05, 0.1) is 10.6 Å². The monoisotopic (exact) mass is 335 g/mol. The molecule has 5 nitrogen and oxygen atoms in total. The van der Waals surface area contributed by atoms with Crippen molar-refractivity contribution in [3.05, 3.63) is 40.4 Å². The van der Waals surface area contributed by atoms with E-state index in [2.05, 4.69) is 22.0 Å². The summed E-state index contributed by atoms with van der Waals surface area (Å²) in [5.41, 5.74) is 2.36. The SMILES string of the molecule is CNC(=O)c1ccc(NC(=O)NCCC2=CCCCC2)cc1Cl. The fourth-order valence-electron chi connectivity index (χ4n) is 2.56. The van der Waals surface area contributed by atoms with E-state index in [0.717, 1.165) is 19.3 Å². The molecule has 6 heteroatoms. The molecule has 2 rings (SSSR count). The molecule has 0 radical (unpaired) electrons. The van der Waals surface area contributed by atoms with Gasteiger partial charge in [0.25, 0.3) is 5.91 Å². The molecule has 0 unspecified atom stereocenters. The lowest BCUT2D eigenvalue weighted by Gasteiger charge is -2.13. The number of carbonyl (C=O) groups excluding carboxylic acids is 2. The van der Waals surface area contributed by atoms with Gasteiger partial charge >= 0.3 is 6.03 Å². The predicted molar refractivity (Wildman–Crippen MR) is 93.0 cm³/mol. The Morgan fingerprint density at radius 1 is 1.26 bits per heavy atom. The quantitative estimate of drug-likeness (QED) is 0.718. The molecule has 23 heavy (non-hydrogen) atoms. The van der Waals surface area contributed by atoms with Crippen LogP contribution in [0, 0.1) is 0 Å². The Morgan fingerprint density at radius 3 is 2.74 bits per heavy atom. The summed E-state index contributed by atoms with van der Waals surface area (Å²) in [6.45, 7) is 0.613. The maximum absolute atomic E-state index is 11.9. The molecule has 0 heterocycles. The van der Waals surface area contributed by atoms with Crippen molar-refractivity contribution in [2.75, 3.05) is 18.9 Å². The second-order valence-corrected chi connectivity index (χ2v) is 5.92. The maximum atomic E-state index is 11.9. The summed E-state index contributed by atoms with van der Waals surface area (Å²) >= 11 is 6.05. The van der Waals surface area contributed by atoms with Crippen LogP contribution in [0.4, 0.5) is 10.5 Å². The summed E-state index contributed by atoms with van der Waals surface area (Å²) in [4.78, 5) is 23.4. The summed E-state index contributed by atoms with van der Waals surface area (Å²) in [6.07, 6.45) is 7.97. The largest absolute Gasteiger partial charge is 0.355 e. The van der Waals surface area contributed by atoms with Gasteiger partial charge in [-0.1, -0.05) is 23.3 Å². The molecule has 1 aliphatic rings. The first-order valence-electron chi connectivity index (χ1n) is 7.84. The van der Waals surface area contributed by atoms with E-state index in [1.807, 2.05) is 0 Å². The third kappa shape index (κ3) is 5.28. The summed E-state index contributed by atoms with van der Waals surface area (Å²) in [5.74, 6) is -0.258. The van der Waals surface area contributed by atoms with Gasteiger partial charge in [0.15, 0.2) is 0 Å². The molecule has 0 bridgehead atoms. The van der Waals surface area contributed by atoms with Gasteiger partial charge < -0.3 is 16.0 Å². The molecule has 0 spiro atoms. The molecular formula is C17H22ClN3O2. The first kappa shape index (κ1) is 17.3. The number of hydrogen-bond donors (Lipinski definition) is 3. The van der Waals surface area contributed by atoms with Crippen LogP contribution in [0.25, 0.3) is 0 Å². The average Bonchev–Trinajstić information content (AvgIpc) is 2.55. The molecule has 1 aliphatic carbocycles. The molecule has 3 N–H and O–H groups in total. The molecule has 0 aromatic heterocycles. The zero-order chi connectivity index (χ0) is 16.7. The van der Waals surface area contributed by atoms with Crippen LogP contribution >= 0.6 is 11.6 Å². The Bertz CT molecular complexity index is 614. The lowest BCUT2D eigenvalue weighted by atomic mass is 9.97. The Hall–Kier alpha value is -2.01. The zero-order valence-corrected chi connectivity index (χ0v) is 14.0. The number of benzene rings is 1. The Balaban J connectivity index is 1.81. The summed E-state index contributed by atoms with van der Waals surface area (Å²) in [5, 5.41) is 8.37. The van der Waals surface area contributed by atoms with Crippen molar-refractivity contribution in [1.29, 1.82) is 0 Å². The predicted octanol–water partition coefficient (Wildman–Crippen LogP) is 3.71. The van der Waals surface area contributed by atoms with E-state index in [1.165, 1.54) is 18.4 Å². The first-order valence-corrected chi connectivity index (χ1v) is 8.22. The van der Waals surface area contributed by atoms with Crippen LogP contribution in [-0.4, -0.2) is 25.5 Å². The van der Waals surface area contributed by atoms with Crippen molar-refractivity contribution in [2.24, 2.45) is 0 Å². The van der Waals surface area contributed by atoms with Crippen molar-refractivity contribution >= 4 is 29.2 Å². The van der Waals surface area contributed by atoms with Crippen molar-refractivity contribution in [2.45, 2.75) is 32.1 Å². The Morgan fingerprint density at radius 2 is 2.09 bits per heavy atom. The molecule has 124 valence electrons. The highest BCUT2D eigenvalue weighted by Gasteiger charge is 2.10. The second kappa shape index (κ2) is 8.58. The van der Waals surface area contributed by atoms with Gasteiger partial charge in [-0.25, -0.2) is 4.79 Å². The molecule has 0 aliphatic heterocycles. The molecular weight excluding hydrogens is 314 g/mol. The molecule has 1 aromatic carbocycles. The third-order valence-electron chi connectivity index (χ3n) is 3.82. The number of halogens is 1. The molecule has 0 fully saturated rings. The number of nitrogens with one attached hydrogen (secondary N) is 3. The summed E-state index contributed by atoms with van der Waals surface area (Å²) in [7, 11) is 1.54. The highest BCUT2D eigenvalue weighted by atomic mass is 35.5.